The van der Waals surface area contributed by atoms with Gasteiger partial charge in [-0.15, -0.1) is 0 Å². The van der Waals surface area contributed by atoms with Gasteiger partial charge in [0.2, 0.25) is 0 Å². The first kappa shape index (κ1) is 12.0. The van der Waals surface area contributed by atoms with Gasteiger partial charge < -0.3 is 9.31 Å². The maximum Gasteiger partial charge on any atom is 0.495 e. The van der Waals surface area contributed by atoms with Gasteiger partial charge in [-0.2, -0.15) is 0 Å². The second-order valence-corrected chi connectivity index (χ2v) is 6.11. The van der Waals surface area contributed by atoms with E-state index in [4.69, 9.17) is 9.31 Å². The van der Waals surface area contributed by atoms with Crippen LogP contribution >= 0.6 is 0 Å². The van der Waals surface area contributed by atoms with Gasteiger partial charge in [-0.05, 0) is 50.7 Å². The SMILES string of the molecule is CC1(C)OB(c2cccc3c2CC=C3)OC1(C)C. The first-order chi connectivity index (χ1) is 8.41. The Morgan fingerprint density at radius 3 is 2.39 bits per heavy atom. The summed E-state index contributed by atoms with van der Waals surface area (Å²) < 4.78 is 12.3. The molecule has 0 atom stereocenters. The van der Waals surface area contributed by atoms with Gasteiger partial charge in [0, 0.05) is 0 Å². The Bertz CT molecular complexity index is 501. The van der Waals surface area contributed by atoms with Gasteiger partial charge in [-0.25, -0.2) is 0 Å². The van der Waals surface area contributed by atoms with Crippen LogP contribution in [0.2, 0.25) is 0 Å². The zero-order valence-corrected chi connectivity index (χ0v) is 11.5. The summed E-state index contributed by atoms with van der Waals surface area (Å²) in [6.07, 6.45) is 5.35. The van der Waals surface area contributed by atoms with Gasteiger partial charge in [0.05, 0.1) is 11.2 Å². The van der Waals surface area contributed by atoms with Crippen LogP contribution < -0.4 is 5.46 Å². The molecular weight excluding hydrogens is 223 g/mol. The van der Waals surface area contributed by atoms with Crippen LogP contribution in [0.5, 0.6) is 0 Å². The van der Waals surface area contributed by atoms with Crippen molar-refractivity contribution >= 4 is 18.7 Å². The number of allylic oxidation sites excluding steroid dienone is 1. The average Bonchev–Trinajstić information content (AvgIpc) is 2.81. The first-order valence-electron chi connectivity index (χ1n) is 6.55. The molecule has 2 nitrogen and oxygen atoms in total. The van der Waals surface area contributed by atoms with Crippen molar-refractivity contribution in [3.63, 3.8) is 0 Å². The number of benzene rings is 1. The maximum absolute atomic E-state index is 6.13. The van der Waals surface area contributed by atoms with Crippen LogP contribution in [0.15, 0.2) is 24.3 Å². The van der Waals surface area contributed by atoms with Crippen molar-refractivity contribution in [2.24, 2.45) is 0 Å². The molecule has 0 N–H and O–H groups in total. The van der Waals surface area contributed by atoms with Crippen LogP contribution in [0.3, 0.4) is 0 Å². The highest BCUT2D eigenvalue weighted by atomic mass is 16.7. The molecule has 1 fully saturated rings. The molecule has 1 heterocycles. The molecule has 1 aromatic rings. The van der Waals surface area contributed by atoms with Crippen molar-refractivity contribution in [2.75, 3.05) is 0 Å². The van der Waals surface area contributed by atoms with Crippen molar-refractivity contribution in [1.82, 2.24) is 0 Å². The molecule has 1 aliphatic heterocycles. The lowest BCUT2D eigenvalue weighted by atomic mass is 9.75. The van der Waals surface area contributed by atoms with Crippen LogP contribution in [0.1, 0.15) is 38.8 Å². The molecule has 0 bridgehead atoms. The van der Waals surface area contributed by atoms with Crippen LogP contribution in [-0.4, -0.2) is 18.3 Å². The predicted molar refractivity (Wildman–Crippen MR) is 74.9 cm³/mol. The Labute approximate surface area is 109 Å². The van der Waals surface area contributed by atoms with E-state index < -0.39 is 0 Å². The monoisotopic (exact) mass is 242 g/mol. The molecule has 18 heavy (non-hydrogen) atoms. The summed E-state index contributed by atoms with van der Waals surface area (Å²) in [5.74, 6) is 0. The zero-order valence-electron chi connectivity index (χ0n) is 11.5. The molecule has 0 aromatic heterocycles. The highest BCUT2D eigenvalue weighted by molar-refractivity contribution is 6.62. The van der Waals surface area contributed by atoms with E-state index in [9.17, 15) is 0 Å². The van der Waals surface area contributed by atoms with Gasteiger partial charge in [0.1, 0.15) is 0 Å². The van der Waals surface area contributed by atoms with E-state index in [0.29, 0.717) is 0 Å². The van der Waals surface area contributed by atoms with Crippen LogP contribution in [0, 0.1) is 0 Å². The number of hydrogen-bond acceptors (Lipinski definition) is 2. The van der Waals surface area contributed by atoms with Crippen molar-refractivity contribution < 1.29 is 9.31 Å². The fourth-order valence-electron chi connectivity index (χ4n) is 2.51. The molecule has 0 spiro atoms. The largest absolute Gasteiger partial charge is 0.495 e. The van der Waals surface area contributed by atoms with Crippen LogP contribution in [-0.2, 0) is 15.7 Å². The third kappa shape index (κ3) is 1.65. The molecule has 0 amide bonds. The van der Waals surface area contributed by atoms with Crippen LogP contribution in [0.4, 0.5) is 0 Å². The minimum absolute atomic E-state index is 0.246. The zero-order chi connectivity index (χ0) is 13.0. The Kier molecular flexibility index (Phi) is 2.48. The molecular formula is C15H19BO2. The Morgan fingerprint density at radius 2 is 1.72 bits per heavy atom. The lowest BCUT2D eigenvalue weighted by Crippen LogP contribution is -2.41. The molecule has 1 aliphatic carbocycles. The van der Waals surface area contributed by atoms with Crippen molar-refractivity contribution in [3.8, 4) is 0 Å². The smallest absolute Gasteiger partial charge is 0.399 e. The third-order valence-corrected chi connectivity index (χ3v) is 4.38. The summed E-state index contributed by atoms with van der Waals surface area (Å²) >= 11 is 0. The minimum atomic E-state index is -0.271. The number of rotatable bonds is 1. The van der Waals surface area contributed by atoms with E-state index in [1.165, 1.54) is 16.6 Å². The van der Waals surface area contributed by atoms with E-state index in [2.05, 4.69) is 58.0 Å². The summed E-state index contributed by atoms with van der Waals surface area (Å²) in [4.78, 5) is 0. The number of fused-ring (bicyclic) bond motifs is 1. The minimum Gasteiger partial charge on any atom is -0.399 e. The topological polar surface area (TPSA) is 18.5 Å². The number of hydrogen-bond donors (Lipinski definition) is 0. The fourth-order valence-corrected chi connectivity index (χ4v) is 2.51. The summed E-state index contributed by atoms with van der Waals surface area (Å²) in [7, 11) is -0.246. The first-order valence-corrected chi connectivity index (χ1v) is 6.55. The van der Waals surface area contributed by atoms with Gasteiger partial charge >= 0.3 is 7.12 Å². The van der Waals surface area contributed by atoms with Crippen molar-refractivity contribution in [1.29, 1.82) is 0 Å². The molecule has 0 unspecified atom stereocenters. The van der Waals surface area contributed by atoms with E-state index in [1.807, 2.05) is 0 Å². The fraction of sp³-hybridized carbons (Fsp3) is 0.467. The lowest BCUT2D eigenvalue weighted by Gasteiger charge is -2.32. The van der Waals surface area contributed by atoms with E-state index in [0.717, 1.165) is 6.42 Å². The summed E-state index contributed by atoms with van der Waals surface area (Å²) in [5, 5.41) is 0. The summed E-state index contributed by atoms with van der Waals surface area (Å²) in [6, 6.07) is 6.34. The van der Waals surface area contributed by atoms with Crippen LogP contribution in [0.25, 0.3) is 6.08 Å². The molecule has 3 rings (SSSR count). The molecule has 94 valence electrons. The van der Waals surface area contributed by atoms with Gasteiger partial charge in [-0.1, -0.05) is 30.4 Å². The second-order valence-electron chi connectivity index (χ2n) is 6.11. The van der Waals surface area contributed by atoms with Crippen molar-refractivity contribution in [3.05, 3.63) is 35.4 Å². The normalized spacial score (nSPS) is 23.4. The van der Waals surface area contributed by atoms with Gasteiger partial charge in [0.25, 0.3) is 0 Å². The molecule has 1 saturated heterocycles. The molecule has 1 aromatic carbocycles. The van der Waals surface area contributed by atoms with E-state index >= 15 is 0 Å². The Hall–Kier alpha value is -1.06. The van der Waals surface area contributed by atoms with Gasteiger partial charge in [-0.3, -0.25) is 0 Å². The molecule has 0 saturated carbocycles. The highest BCUT2D eigenvalue weighted by Crippen LogP contribution is 2.37. The van der Waals surface area contributed by atoms with Crippen molar-refractivity contribution in [2.45, 2.75) is 45.3 Å². The Morgan fingerprint density at radius 1 is 1.06 bits per heavy atom. The lowest BCUT2D eigenvalue weighted by molar-refractivity contribution is 0.00578. The standard InChI is InChI=1S/C15H19BO2/c1-14(2)15(3,4)18-16(17-14)13-10-6-8-11-7-5-9-12(11)13/h5-8,10H,9H2,1-4H3. The maximum atomic E-state index is 6.13. The average molecular weight is 242 g/mol. The molecule has 0 radical (unpaired) electrons. The molecule has 3 heteroatoms. The van der Waals surface area contributed by atoms with Gasteiger partial charge in [0.15, 0.2) is 0 Å². The third-order valence-electron chi connectivity index (χ3n) is 4.38. The second kappa shape index (κ2) is 3.72. The van der Waals surface area contributed by atoms with E-state index in [1.54, 1.807) is 0 Å². The highest BCUT2D eigenvalue weighted by Gasteiger charge is 2.52. The van der Waals surface area contributed by atoms with E-state index in [-0.39, 0.29) is 18.3 Å². The summed E-state index contributed by atoms with van der Waals surface area (Å²) in [6.45, 7) is 8.37. The quantitative estimate of drug-likeness (QED) is 0.704. The predicted octanol–water partition coefficient (Wildman–Crippen LogP) is 2.56. The molecule has 2 aliphatic rings. The Balaban J connectivity index is 1.97. The summed E-state index contributed by atoms with van der Waals surface area (Å²) in [5.41, 5.74) is 3.27.